The number of carbonyl (C=O) groups excluding carboxylic acids is 1. The Hall–Kier alpha value is -1.89. The van der Waals surface area contributed by atoms with Crippen molar-refractivity contribution in [3.8, 4) is 6.07 Å². The average Bonchev–Trinajstić information content (AvgIpc) is 2.39. The Balaban J connectivity index is 2.76. The largest absolute Gasteiger partial charge is 0.338 e. The average molecular weight is 231 g/mol. The van der Waals surface area contributed by atoms with Crippen LogP contribution in [0.2, 0.25) is 0 Å². The number of rotatable bonds is 5. The molecule has 1 rings (SSSR count). The van der Waals surface area contributed by atoms with Gasteiger partial charge in [0.05, 0.1) is 5.56 Å². The number of amides is 1. The van der Waals surface area contributed by atoms with E-state index in [4.69, 9.17) is 5.26 Å². The van der Waals surface area contributed by atoms with Crippen molar-refractivity contribution in [2.24, 2.45) is 0 Å². The molecule has 0 aliphatic carbocycles. The van der Waals surface area contributed by atoms with Crippen LogP contribution in [0.5, 0.6) is 0 Å². The molecule has 0 saturated heterocycles. The fraction of sp³-hybridized carbons (Fsp3) is 0.462. The third kappa shape index (κ3) is 3.56. The molecule has 4 heteroatoms. The molecule has 0 N–H and O–H groups in total. The third-order valence-electron chi connectivity index (χ3n) is 2.56. The Morgan fingerprint density at radius 2 is 2.24 bits per heavy atom. The van der Waals surface area contributed by atoms with Crippen molar-refractivity contribution in [2.45, 2.75) is 26.7 Å². The van der Waals surface area contributed by atoms with E-state index in [2.05, 4.69) is 11.9 Å². The maximum absolute atomic E-state index is 12.1. The lowest BCUT2D eigenvalue weighted by Crippen LogP contribution is -2.32. The molecule has 4 nitrogen and oxygen atoms in total. The molecule has 0 radical (unpaired) electrons. The van der Waals surface area contributed by atoms with Crippen LogP contribution in [-0.4, -0.2) is 28.9 Å². The van der Waals surface area contributed by atoms with E-state index in [0.717, 1.165) is 19.4 Å². The quantitative estimate of drug-likeness (QED) is 0.780. The van der Waals surface area contributed by atoms with Gasteiger partial charge in [-0.15, -0.1) is 0 Å². The zero-order valence-electron chi connectivity index (χ0n) is 10.3. The highest BCUT2D eigenvalue weighted by Crippen LogP contribution is 2.05. The van der Waals surface area contributed by atoms with Crippen LogP contribution >= 0.6 is 0 Å². The second kappa shape index (κ2) is 6.64. The van der Waals surface area contributed by atoms with Crippen LogP contribution in [0.15, 0.2) is 18.3 Å². The fourth-order valence-corrected chi connectivity index (χ4v) is 1.50. The molecule has 0 fully saturated rings. The highest BCUT2D eigenvalue weighted by molar-refractivity contribution is 5.92. The summed E-state index contributed by atoms with van der Waals surface area (Å²) in [6.45, 7) is 5.49. The van der Waals surface area contributed by atoms with Gasteiger partial charge < -0.3 is 4.90 Å². The number of pyridine rings is 1. The molecular weight excluding hydrogens is 214 g/mol. The summed E-state index contributed by atoms with van der Waals surface area (Å²) in [6.07, 6.45) is 3.49. The van der Waals surface area contributed by atoms with E-state index in [-0.39, 0.29) is 5.91 Å². The van der Waals surface area contributed by atoms with E-state index in [1.807, 2.05) is 13.0 Å². The van der Waals surface area contributed by atoms with Gasteiger partial charge in [-0.2, -0.15) is 5.26 Å². The predicted molar refractivity (Wildman–Crippen MR) is 65.4 cm³/mol. The van der Waals surface area contributed by atoms with Crippen molar-refractivity contribution in [3.05, 3.63) is 29.6 Å². The van der Waals surface area contributed by atoms with Gasteiger partial charge in [-0.25, -0.2) is 4.98 Å². The molecule has 1 aromatic rings. The molecule has 90 valence electrons. The highest BCUT2D eigenvalue weighted by atomic mass is 16.2. The summed E-state index contributed by atoms with van der Waals surface area (Å²) in [7, 11) is 0. The van der Waals surface area contributed by atoms with Gasteiger partial charge in [-0.3, -0.25) is 4.79 Å². The van der Waals surface area contributed by atoms with E-state index in [9.17, 15) is 4.79 Å². The Kier molecular flexibility index (Phi) is 5.15. The molecule has 1 heterocycles. The number of aromatic nitrogens is 1. The molecule has 0 aliphatic rings. The van der Waals surface area contributed by atoms with E-state index in [0.29, 0.717) is 17.8 Å². The van der Waals surface area contributed by atoms with Crippen LogP contribution in [0.4, 0.5) is 0 Å². The van der Waals surface area contributed by atoms with Crippen molar-refractivity contribution in [1.29, 1.82) is 5.26 Å². The van der Waals surface area contributed by atoms with E-state index < -0.39 is 0 Å². The molecular formula is C13H17N3O. The minimum absolute atomic E-state index is 0.0644. The van der Waals surface area contributed by atoms with Gasteiger partial charge in [0.1, 0.15) is 11.8 Å². The van der Waals surface area contributed by atoms with Crippen molar-refractivity contribution in [3.63, 3.8) is 0 Å². The van der Waals surface area contributed by atoms with Gasteiger partial charge in [-0.1, -0.05) is 13.3 Å². The summed E-state index contributed by atoms with van der Waals surface area (Å²) in [4.78, 5) is 17.9. The zero-order valence-corrected chi connectivity index (χ0v) is 10.3. The minimum atomic E-state index is -0.0644. The summed E-state index contributed by atoms with van der Waals surface area (Å²) < 4.78 is 0. The topological polar surface area (TPSA) is 57.0 Å². The lowest BCUT2D eigenvalue weighted by molar-refractivity contribution is 0.0756. The Bertz CT molecular complexity index is 406. The Morgan fingerprint density at radius 1 is 1.47 bits per heavy atom. The molecule has 0 saturated carbocycles. The van der Waals surface area contributed by atoms with Crippen LogP contribution in [0.1, 0.15) is 42.7 Å². The summed E-state index contributed by atoms with van der Waals surface area (Å²) >= 11 is 0. The number of nitriles is 1. The molecule has 0 aliphatic heterocycles. The molecule has 0 bridgehead atoms. The summed E-state index contributed by atoms with van der Waals surface area (Å²) in [5, 5.41) is 8.65. The number of unbranched alkanes of at least 4 members (excludes halogenated alkanes) is 1. The first kappa shape index (κ1) is 13.2. The van der Waals surface area contributed by atoms with E-state index in [1.54, 1.807) is 17.0 Å². The number of hydrogen-bond donors (Lipinski definition) is 0. The van der Waals surface area contributed by atoms with Crippen molar-refractivity contribution in [2.75, 3.05) is 13.1 Å². The maximum atomic E-state index is 12.1. The summed E-state index contributed by atoms with van der Waals surface area (Å²) in [5.41, 5.74) is 0.875. The first-order valence-corrected chi connectivity index (χ1v) is 5.88. The molecule has 17 heavy (non-hydrogen) atoms. The van der Waals surface area contributed by atoms with Gasteiger partial charge in [0.15, 0.2) is 0 Å². The second-order valence-electron chi connectivity index (χ2n) is 3.78. The van der Waals surface area contributed by atoms with Crippen molar-refractivity contribution < 1.29 is 4.79 Å². The van der Waals surface area contributed by atoms with E-state index >= 15 is 0 Å². The van der Waals surface area contributed by atoms with Crippen LogP contribution < -0.4 is 0 Å². The number of hydrogen-bond acceptors (Lipinski definition) is 3. The molecule has 0 atom stereocenters. The molecule has 1 aromatic heterocycles. The lowest BCUT2D eigenvalue weighted by Gasteiger charge is -2.19. The fourth-order valence-electron chi connectivity index (χ4n) is 1.50. The molecule has 0 spiro atoms. The van der Waals surface area contributed by atoms with Crippen LogP contribution in [0, 0.1) is 11.3 Å². The summed E-state index contributed by atoms with van der Waals surface area (Å²) in [6, 6.07) is 5.21. The van der Waals surface area contributed by atoms with Crippen LogP contribution in [0.25, 0.3) is 0 Å². The first-order chi connectivity index (χ1) is 8.22. The van der Waals surface area contributed by atoms with Gasteiger partial charge >= 0.3 is 0 Å². The van der Waals surface area contributed by atoms with Crippen LogP contribution in [-0.2, 0) is 0 Å². The number of carbonyl (C=O) groups is 1. The molecule has 0 aromatic carbocycles. The van der Waals surface area contributed by atoms with Gasteiger partial charge in [0.2, 0.25) is 0 Å². The monoisotopic (exact) mass is 231 g/mol. The standard InChI is InChI=1S/C13H17N3O/c1-3-5-8-16(4-2)13(17)12-7-6-11(9-14)10-15-12/h6-7,10H,3-5,8H2,1-2H3. The SMILES string of the molecule is CCCCN(CC)C(=O)c1ccc(C#N)cn1. The minimum Gasteiger partial charge on any atom is -0.338 e. The zero-order chi connectivity index (χ0) is 12.7. The Labute approximate surface area is 102 Å². The van der Waals surface area contributed by atoms with Crippen LogP contribution in [0.3, 0.4) is 0 Å². The maximum Gasteiger partial charge on any atom is 0.272 e. The molecule has 1 amide bonds. The van der Waals surface area contributed by atoms with Gasteiger partial charge in [0.25, 0.3) is 5.91 Å². The van der Waals surface area contributed by atoms with E-state index in [1.165, 1.54) is 6.20 Å². The van der Waals surface area contributed by atoms with Crippen molar-refractivity contribution in [1.82, 2.24) is 9.88 Å². The summed E-state index contributed by atoms with van der Waals surface area (Å²) in [5.74, 6) is -0.0644. The normalized spacial score (nSPS) is 9.71. The Morgan fingerprint density at radius 3 is 2.71 bits per heavy atom. The highest BCUT2D eigenvalue weighted by Gasteiger charge is 2.14. The first-order valence-electron chi connectivity index (χ1n) is 5.88. The lowest BCUT2D eigenvalue weighted by atomic mass is 10.2. The third-order valence-corrected chi connectivity index (χ3v) is 2.56. The van der Waals surface area contributed by atoms with Gasteiger partial charge in [-0.05, 0) is 25.5 Å². The smallest absolute Gasteiger partial charge is 0.272 e. The van der Waals surface area contributed by atoms with Gasteiger partial charge in [0, 0.05) is 19.3 Å². The predicted octanol–water partition coefficient (Wildman–Crippen LogP) is 2.22. The second-order valence-corrected chi connectivity index (χ2v) is 3.78. The van der Waals surface area contributed by atoms with Crippen molar-refractivity contribution >= 4 is 5.91 Å². The molecule has 0 unspecified atom stereocenters. The number of nitrogens with zero attached hydrogens (tertiary/aromatic N) is 3.